The molecule has 0 saturated carbocycles. The summed E-state index contributed by atoms with van der Waals surface area (Å²) in [7, 11) is 0. The van der Waals surface area contributed by atoms with Crippen molar-refractivity contribution in [3.63, 3.8) is 0 Å². The summed E-state index contributed by atoms with van der Waals surface area (Å²) in [6.07, 6.45) is 4.36. The van der Waals surface area contributed by atoms with Crippen molar-refractivity contribution in [3.05, 3.63) is 22.4 Å². The fourth-order valence-corrected chi connectivity index (χ4v) is 4.11. The van der Waals surface area contributed by atoms with Gasteiger partial charge in [-0.15, -0.1) is 0 Å². The molecule has 1 atom stereocenters. The van der Waals surface area contributed by atoms with Gasteiger partial charge in [-0.05, 0) is 54.6 Å². The lowest BCUT2D eigenvalue weighted by Crippen LogP contribution is -2.40. The van der Waals surface area contributed by atoms with Gasteiger partial charge in [0.15, 0.2) is 0 Å². The number of unbranched alkanes of at least 4 members (excludes halogenated alkanes) is 1. The molecule has 3 rings (SSSR count). The molecule has 2 aliphatic rings. The average Bonchev–Trinajstić information content (AvgIpc) is 3.26. The molecule has 128 valence electrons. The minimum atomic E-state index is 0.102. The van der Waals surface area contributed by atoms with Crippen LogP contribution in [0.2, 0.25) is 0 Å². The van der Waals surface area contributed by atoms with Gasteiger partial charge >= 0.3 is 6.03 Å². The molecule has 6 heteroatoms. The highest BCUT2D eigenvalue weighted by Crippen LogP contribution is 2.32. The maximum absolute atomic E-state index is 12.4. The van der Waals surface area contributed by atoms with Crippen molar-refractivity contribution >= 4 is 17.4 Å². The predicted molar refractivity (Wildman–Crippen MR) is 92.9 cm³/mol. The molecule has 1 aromatic rings. The molecule has 0 radical (unpaired) electrons. The van der Waals surface area contributed by atoms with Crippen LogP contribution < -0.4 is 5.32 Å². The Bertz CT molecular complexity index is 474. The van der Waals surface area contributed by atoms with Crippen molar-refractivity contribution in [2.45, 2.75) is 31.7 Å². The van der Waals surface area contributed by atoms with E-state index in [2.05, 4.69) is 27.0 Å². The smallest absolute Gasteiger partial charge is 0.317 e. The molecular formula is C17H27N3O2S. The third-order valence-corrected chi connectivity index (χ3v) is 5.42. The summed E-state index contributed by atoms with van der Waals surface area (Å²) in [5.74, 6) is 0. The third-order valence-electron chi connectivity index (χ3n) is 4.72. The van der Waals surface area contributed by atoms with E-state index in [0.717, 1.165) is 71.6 Å². The highest BCUT2D eigenvalue weighted by molar-refractivity contribution is 7.07. The quantitative estimate of drug-likeness (QED) is 0.812. The SMILES string of the molecule is O=C(NCCCCN1CCOCC1)N1CCCC1c1ccsc1. The van der Waals surface area contributed by atoms with Crippen molar-refractivity contribution in [2.24, 2.45) is 0 Å². The second-order valence-corrected chi connectivity index (χ2v) is 7.08. The molecule has 2 fully saturated rings. The predicted octanol–water partition coefficient (Wildman–Crippen LogP) is 2.71. The Kier molecular flexibility index (Phi) is 6.30. The van der Waals surface area contributed by atoms with Gasteiger partial charge in [-0.1, -0.05) is 0 Å². The number of likely N-dealkylation sites (tertiary alicyclic amines) is 1. The number of nitrogens with zero attached hydrogens (tertiary/aromatic N) is 2. The van der Waals surface area contributed by atoms with Crippen molar-refractivity contribution in [1.82, 2.24) is 15.1 Å². The number of ether oxygens (including phenoxy) is 1. The van der Waals surface area contributed by atoms with E-state index in [0.29, 0.717) is 0 Å². The lowest BCUT2D eigenvalue weighted by molar-refractivity contribution is 0.0372. The number of carbonyl (C=O) groups is 1. The lowest BCUT2D eigenvalue weighted by Gasteiger charge is -2.26. The third kappa shape index (κ3) is 4.68. The van der Waals surface area contributed by atoms with Gasteiger partial charge < -0.3 is 15.0 Å². The van der Waals surface area contributed by atoms with Crippen LogP contribution in [0.3, 0.4) is 0 Å². The topological polar surface area (TPSA) is 44.8 Å². The maximum Gasteiger partial charge on any atom is 0.317 e. The van der Waals surface area contributed by atoms with E-state index in [1.165, 1.54) is 5.56 Å². The lowest BCUT2D eigenvalue weighted by atomic mass is 10.1. The number of rotatable bonds is 6. The van der Waals surface area contributed by atoms with Gasteiger partial charge in [0.25, 0.3) is 0 Å². The fraction of sp³-hybridized carbons (Fsp3) is 0.706. The standard InChI is InChI=1S/C17H27N3O2S/c21-17(18-6-1-2-7-19-9-11-22-12-10-19)20-8-3-4-16(20)15-5-13-23-14-15/h5,13-14,16H,1-4,6-12H2,(H,18,21). The number of hydrogen-bond acceptors (Lipinski definition) is 4. The first-order valence-corrected chi connectivity index (χ1v) is 9.65. The molecule has 0 aromatic carbocycles. The van der Waals surface area contributed by atoms with Crippen molar-refractivity contribution < 1.29 is 9.53 Å². The summed E-state index contributed by atoms with van der Waals surface area (Å²) in [5, 5.41) is 7.36. The van der Waals surface area contributed by atoms with E-state index in [4.69, 9.17) is 4.74 Å². The highest BCUT2D eigenvalue weighted by Gasteiger charge is 2.29. The van der Waals surface area contributed by atoms with Crippen molar-refractivity contribution in [2.75, 3.05) is 45.9 Å². The van der Waals surface area contributed by atoms with Crippen LogP contribution in [-0.2, 0) is 4.74 Å². The molecule has 3 heterocycles. The average molecular weight is 337 g/mol. The van der Waals surface area contributed by atoms with Gasteiger partial charge in [0.2, 0.25) is 0 Å². The molecular weight excluding hydrogens is 310 g/mol. The number of morpholine rings is 1. The molecule has 0 aliphatic carbocycles. The summed E-state index contributed by atoms with van der Waals surface area (Å²) in [6, 6.07) is 2.52. The first-order valence-electron chi connectivity index (χ1n) is 8.71. The van der Waals surface area contributed by atoms with E-state index >= 15 is 0 Å². The molecule has 5 nitrogen and oxygen atoms in total. The first kappa shape index (κ1) is 16.7. The Balaban J connectivity index is 1.34. The zero-order valence-corrected chi connectivity index (χ0v) is 14.5. The summed E-state index contributed by atoms with van der Waals surface area (Å²) in [4.78, 5) is 16.9. The van der Waals surface area contributed by atoms with Gasteiger partial charge in [0.05, 0.1) is 19.3 Å². The Labute approximate surface area is 142 Å². The Morgan fingerprint density at radius 2 is 2.17 bits per heavy atom. The van der Waals surface area contributed by atoms with Crippen molar-refractivity contribution in [3.8, 4) is 0 Å². The molecule has 23 heavy (non-hydrogen) atoms. The van der Waals surface area contributed by atoms with Crippen LogP contribution in [0.4, 0.5) is 4.79 Å². The fourth-order valence-electron chi connectivity index (χ4n) is 3.40. The number of amides is 2. The molecule has 0 bridgehead atoms. The summed E-state index contributed by atoms with van der Waals surface area (Å²) in [6.45, 7) is 6.56. The molecule has 1 aromatic heterocycles. The number of carbonyl (C=O) groups excluding carboxylic acids is 1. The number of thiophene rings is 1. The van der Waals surface area contributed by atoms with E-state index in [1.54, 1.807) is 11.3 Å². The first-order chi connectivity index (χ1) is 11.3. The van der Waals surface area contributed by atoms with Crippen LogP contribution in [0.15, 0.2) is 16.8 Å². The molecule has 2 saturated heterocycles. The Morgan fingerprint density at radius 1 is 1.30 bits per heavy atom. The Morgan fingerprint density at radius 3 is 2.96 bits per heavy atom. The van der Waals surface area contributed by atoms with Gasteiger partial charge in [-0.2, -0.15) is 11.3 Å². The summed E-state index contributed by atoms with van der Waals surface area (Å²) >= 11 is 1.71. The normalized spacial score (nSPS) is 22.4. The number of nitrogens with one attached hydrogen (secondary N) is 1. The molecule has 2 aliphatic heterocycles. The Hall–Kier alpha value is -1.11. The molecule has 1 N–H and O–H groups in total. The van der Waals surface area contributed by atoms with E-state index in [9.17, 15) is 4.79 Å². The molecule has 1 unspecified atom stereocenters. The largest absolute Gasteiger partial charge is 0.379 e. The van der Waals surface area contributed by atoms with Gasteiger partial charge in [0, 0.05) is 26.2 Å². The summed E-state index contributed by atoms with van der Waals surface area (Å²) < 4.78 is 5.35. The van der Waals surface area contributed by atoms with Gasteiger partial charge in [-0.3, -0.25) is 4.90 Å². The van der Waals surface area contributed by atoms with Gasteiger partial charge in [0.1, 0.15) is 0 Å². The zero-order chi connectivity index (χ0) is 15.9. The minimum absolute atomic E-state index is 0.102. The minimum Gasteiger partial charge on any atom is -0.379 e. The number of urea groups is 1. The van der Waals surface area contributed by atoms with E-state index in [1.807, 2.05) is 4.90 Å². The second-order valence-electron chi connectivity index (χ2n) is 6.30. The van der Waals surface area contributed by atoms with Crippen LogP contribution in [0.1, 0.15) is 37.3 Å². The van der Waals surface area contributed by atoms with Crippen LogP contribution in [-0.4, -0.2) is 61.8 Å². The van der Waals surface area contributed by atoms with Crippen molar-refractivity contribution in [1.29, 1.82) is 0 Å². The maximum atomic E-state index is 12.4. The highest BCUT2D eigenvalue weighted by atomic mass is 32.1. The van der Waals surface area contributed by atoms with E-state index < -0.39 is 0 Å². The number of hydrogen-bond donors (Lipinski definition) is 1. The van der Waals surface area contributed by atoms with Crippen LogP contribution >= 0.6 is 11.3 Å². The van der Waals surface area contributed by atoms with Crippen LogP contribution in [0.25, 0.3) is 0 Å². The second kappa shape index (κ2) is 8.66. The monoisotopic (exact) mass is 337 g/mol. The van der Waals surface area contributed by atoms with Gasteiger partial charge in [-0.25, -0.2) is 4.79 Å². The van der Waals surface area contributed by atoms with E-state index in [-0.39, 0.29) is 12.1 Å². The molecule has 2 amide bonds. The van der Waals surface area contributed by atoms with Crippen LogP contribution in [0, 0.1) is 0 Å². The zero-order valence-electron chi connectivity index (χ0n) is 13.7. The van der Waals surface area contributed by atoms with Crippen LogP contribution in [0.5, 0.6) is 0 Å². The molecule has 0 spiro atoms. The summed E-state index contributed by atoms with van der Waals surface area (Å²) in [5.41, 5.74) is 1.29.